The third-order valence-electron chi connectivity index (χ3n) is 2.90. The normalized spacial score (nSPS) is 14.4. The first-order chi connectivity index (χ1) is 8.13. The van der Waals surface area contributed by atoms with Gasteiger partial charge in [0.15, 0.2) is 11.6 Å². The van der Waals surface area contributed by atoms with E-state index in [4.69, 9.17) is 15.2 Å². The van der Waals surface area contributed by atoms with Gasteiger partial charge < -0.3 is 15.2 Å². The highest BCUT2D eigenvalue weighted by molar-refractivity contribution is 5.31. The monoisotopic (exact) mass is 241 g/mol. The van der Waals surface area contributed by atoms with Crippen molar-refractivity contribution < 1.29 is 13.9 Å². The quantitative estimate of drug-likeness (QED) is 0.829. The zero-order valence-corrected chi connectivity index (χ0v) is 10.6. The van der Waals surface area contributed by atoms with Crippen molar-refractivity contribution in [1.29, 1.82) is 0 Å². The van der Waals surface area contributed by atoms with Crippen molar-refractivity contribution >= 4 is 0 Å². The fraction of sp³-hybridized carbons (Fsp3) is 0.538. The Morgan fingerprint density at radius 3 is 2.59 bits per heavy atom. The summed E-state index contributed by atoms with van der Waals surface area (Å²) in [4.78, 5) is 0. The minimum Gasteiger partial charge on any atom is -0.494 e. The molecule has 0 saturated heterocycles. The first-order valence-electron chi connectivity index (χ1n) is 5.73. The van der Waals surface area contributed by atoms with E-state index in [1.54, 1.807) is 25.3 Å². The molecule has 4 heteroatoms. The van der Waals surface area contributed by atoms with Crippen LogP contribution >= 0.6 is 0 Å². The summed E-state index contributed by atoms with van der Waals surface area (Å²) in [6.07, 6.45) is 1.19. The number of methoxy groups -OCH3 is 2. The van der Waals surface area contributed by atoms with Crippen LogP contribution in [-0.4, -0.2) is 26.4 Å². The molecule has 0 radical (unpaired) electrons. The van der Waals surface area contributed by atoms with E-state index in [0.29, 0.717) is 12.0 Å². The molecule has 0 amide bonds. The molecule has 2 unspecified atom stereocenters. The molecule has 2 N–H and O–H groups in total. The molecule has 1 rings (SSSR count). The smallest absolute Gasteiger partial charge is 0.168 e. The lowest BCUT2D eigenvalue weighted by atomic mass is 10.00. The average Bonchev–Trinajstić information content (AvgIpc) is 2.33. The van der Waals surface area contributed by atoms with E-state index in [0.717, 1.165) is 6.42 Å². The Morgan fingerprint density at radius 2 is 2.06 bits per heavy atom. The summed E-state index contributed by atoms with van der Waals surface area (Å²) >= 11 is 0. The van der Waals surface area contributed by atoms with Crippen molar-refractivity contribution in [3.8, 4) is 5.75 Å². The second-order valence-corrected chi connectivity index (χ2v) is 3.98. The topological polar surface area (TPSA) is 44.5 Å². The van der Waals surface area contributed by atoms with E-state index in [-0.39, 0.29) is 23.7 Å². The van der Waals surface area contributed by atoms with Gasteiger partial charge in [0.1, 0.15) is 0 Å². The van der Waals surface area contributed by atoms with E-state index >= 15 is 0 Å². The Bertz CT molecular complexity index is 353. The van der Waals surface area contributed by atoms with Crippen molar-refractivity contribution in [2.75, 3.05) is 14.2 Å². The Morgan fingerprint density at radius 1 is 1.35 bits per heavy atom. The Balaban J connectivity index is 2.81. The van der Waals surface area contributed by atoms with Crippen LogP contribution in [0, 0.1) is 5.82 Å². The van der Waals surface area contributed by atoms with Crippen LogP contribution in [0.25, 0.3) is 0 Å². The highest BCUT2D eigenvalue weighted by Crippen LogP contribution is 2.21. The molecule has 0 aliphatic carbocycles. The Labute approximate surface area is 102 Å². The van der Waals surface area contributed by atoms with Gasteiger partial charge in [-0.1, -0.05) is 19.1 Å². The predicted molar refractivity (Wildman–Crippen MR) is 65.7 cm³/mol. The van der Waals surface area contributed by atoms with Crippen LogP contribution in [0.4, 0.5) is 4.39 Å². The van der Waals surface area contributed by atoms with Gasteiger partial charge in [0.25, 0.3) is 0 Å². The molecule has 1 aromatic rings. The molecule has 1 aromatic carbocycles. The van der Waals surface area contributed by atoms with Gasteiger partial charge in [0.05, 0.1) is 13.2 Å². The van der Waals surface area contributed by atoms with Gasteiger partial charge >= 0.3 is 0 Å². The van der Waals surface area contributed by atoms with Crippen molar-refractivity contribution in [2.45, 2.75) is 31.9 Å². The first kappa shape index (κ1) is 13.9. The van der Waals surface area contributed by atoms with Crippen LogP contribution in [0.2, 0.25) is 0 Å². The Kier molecular flexibility index (Phi) is 5.38. The number of rotatable bonds is 6. The summed E-state index contributed by atoms with van der Waals surface area (Å²) < 4.78 is 24.1. The van der Waals surface area contributed by atoms with E-state index in [1.807, 2.05) is 6.92 Å². The first-order valence-corrected chi connectivity index (χ1v) is 5.73. The van der Waals surface area contributed by atoms with Gasteiger partial charge in [0, 0.05) is 13.2 Å². The molecule has 96 valence electrons. The van der Waals surface area contributed by atoms with Gasteiger partial charge in [-0.05, 0) is 24.5 Å². The number of ether oxygens (including phenoxy) is 2. The minimum absolute atomic E-state index is 0.0550. The van der Waals surface area contributed by atoms with Gasteiger partial charge in [-0.15, -0.1) is 0 Å². The molecule has 0 aromatic heterocycles. The molecular weight excluding hydrogens is 221 g/mol. The number of halogens is 1. The molecule has 0 fully saturated rings. The number of benzene rings is 1. The van der Waals surface area contributed by atoms with Gasteiger partial charge in [0.2, 0.25) is 0 Å². The molecular formula is C13H20FNO2. The van der Waals surface area contributed by atoms with Crippen molar-refractivity contribution in [1.82, 2.24) is 0 Å². The van der Waals surface area contributed by atoms with Gasteiger partial charge in [-0.2, -0.15) is 0 Å². The van der Waals surface area contributed by atoms with Crippen molar-refractivity contribution in [3.63, 3.8) is 0 Å². The van der Waals surface area contributed by atoms with Crippen LogP contribution < -0.4 is 10.5 Å². The second-order valence-electron chi connectivity index (χ2n) is 3.98. The molecule has 17 heavy (non-hydrogen) atoms. The second kappa shape index (κ2) is 6.57. The molecule has 0 aliphatic heterocycles. The van der Waals surface area contributed by atoms with Gasteiger partial charge in [-0.3, -0.25) is 0 Å². The molecule has 3 nitrogen and oxygen atoms in total. The SMILES string of the molecule is CCC(OC)C(N)Cc1cccc(OC)c1F. The summed E-state index contributed by atoms with van der Waals surface area (Å²) in [7, 11) is 3.07. The van der Waals surface area contributed by atoms with Crippen LogP contribution in [-0.2, 0) is 11.2 Å². The number of nitrogens with two attached hydrogens (primary N) is 1. The van der Waals surface area contributed by atoms with E-state index in [9.17, 15) is 4.39 Å². The van der Waals surface area contributed by atoms with Crippen LogP contribution in [0.1, 0.15) is 18.9 Å². The summed E-state index contributed by atoms with van der Waals surface area (Å²) in [6.45, 7) is 2.00. The maximum absolute atomic E-state index is 13.9. The molecule has 0 bridgehead atoms. The Hall–Kier alpha value is -1.13. The molecule has 0 heterocycles. The fourth-order valence-electron chi connectivity index (χ4n) is 1.90. The summed E-state index contributed by atoms with van der Waals surface area (Å²) in [5.41, 5.74) is 6.56. The van der Waals surface area contributed by atoms with Crippen molar-refractivity contribution in [2.24, 2.45) is 5.73 Å². The highest BCUT2D eigenvalue weighted by Gasteiger charge is 2.18. The van der Waals surface area contributed by atoms with E-state index in [2.05, 4.69) is 0 Å². The number of hydrogen-bond donors (Lipinski definition) is 1. The van der Waals surface area contributed by atoms with E-state index < -0.39 is 0 Å². The third kappa shape index (κ3) is 3.41. The zero-order chi connectivity index (χ0) is 12.8. The zero-order valence-electron chi connectivity index (χ0n) is 10.6. The molecule has 0 aliphatic rings. The predicted octanol–water partition coefficient (Wildman–Crippen LogP) is 2.13. The molecule has 0 spiro atoms. The molecule has 0 saturated carbocycles. The lowest BCUT2D eigenvalue weighted by Gasteiger charge is -2.21. The minimum atomic E-state index is -0.337. The molecule has 2 atom stereocenters. The largest absolute Gasteiger partial charge is 0.494 e. The van der Waals surface area contributed by atoms with Crippen LogP contribution in [0.3, 0.4) is 0 Å². The van der Waals surface area contributed by atoms with Crippen LogP contribution in [0.15, 0.2) is 18.2 Å². The summed E-state index contributed by atoms with van der Waals surface area (Å²) in [6, 6.07) is 4.86. The van der Waals surface area contributed by atoms with Crippen LogP contribution in [0.5, 0.6) is 5.75 Å². The summed E-state index contributed by atoms with van der Waals surface area (Å²) in [5.74, 6) is -0.0865. The fourth-order valence-corrected chi connectivity index (χ4v) is 1.90. The maximum atomic E-state index is 13.9. The number of hydrogen-bond acceptors (Lipinski definition) is 3. The standard InChI is InChI=1S/C13H20FNO2/c1-4-11(16-2)10(15)8-9-6-5-7-12(17-3)13(9)14/h5-7,10-11H,4,8,15H2,1-3H3. The highest BCUT2D eigenvalue weighted by atomic mass is 19.1. The third-order valence-corrected chi connectivity index (χ3v) is 2.90. The average molecular weight is 241 g/mol. The lowest BCUT2D eigenvalue weighted by molar-refractivity contribution is 0.0770. The maximum Gasteiger partial charge on any atom is 0.168 e. The summed E-state index contributed by atoms with van der Waals surface area (Å²) in [5, 5.41) is 0. The van der Waals surface area contributed by atoms with E-state index in [1.165, 1.54) is 7.11 Å². The lowest BCUT2D eigenvalue weighted by Crippen LogP contribution is -2.37. The van der Waals surface area contributed by atoms with Gasteiger partial charge in [-0.25, -0.2) is 4.39 Å². The van der Waals surface area contributed by atoms with Crippen molar-refractivity contribution in [3.05, 3.63) is 29.6 Å².